The summed E-state index contributed by atoms with van der Waals surface area (Å²) in [5.41, 5.74) is 0.361. The molecular weight excluding hydrogens is 365 g/mol. The number of aromatic nitrogens is 1. The molecule has 0 radical (unpaired) electrons. The van der Waals surface area contributed by atoms with Crippen LogP contribution in [0.25, 0.3) is 10.9 Å². The van der Waals surface area contributed by atoms with Gasteiger partial charge in [0.15, 0.2) is 9.84 Å². The summed E-state index contributed by atoms with van der Waals surface area (Å²) in [5.74, 6) is -1.06. The molecule has 7 heteroatoms. The molecule has 0 fully saturated rings. The van der Waals surface area contributed by atoms with Crippen molar-refractivity contribution in [2.45, 2.75) is 24.3 Å². The van der Waals surface area contributed by atoms with Gasteiger partial charge in [-0.15, -0.1) is 0 Å². The topological polar surface area (TPSA) is 70.2 Å². The zero-order valence-corrected chi connectivity index (χ0v) is 15.2. The minimum atomic E-state index is -3.80. The van der Waals surface area contributed by atoms with E-state index >= 15 is 0 Å². The van der Waals surface area contributed by atoms with Gasteiger partial charge in [0.1, 0.15) is 11.4 Å². The van der Waals surface area contributed by atoms with Gasteiger partial charge in [0.05, 0.1) is 10.6 Å². The predicted octanol–water partition coefficient (Wildman–Crippen LogP) is 3.95. The van der Waals surface area contributed by atoms with Crippen LogP contribution in [-0.4, -0.2) is 24.3 Å². The second-order valence-electron chi connectivity index (χ2n) is 6.36. The van der Waals surface area contributed by atoms with Gasteiger partial charge in [-0.2, -0.15) is 0 Å². The quantitative estimate of drug-likeness (QED) is 0.672. The Labute approximate surface area is 150 Å². The van der Waals surface area contributed by atoms with E-state index in [4.69, 9.17) is 11.6 Å². The van der Waals surface area contributed by atoms with Crippen molar-refractivity contribution in [1.82, 2.24) is 4.98 Å². The van der Waals surface area contributed by atoms with E-state index in [1.807, 2.05) is 13.0 Å². The highest BCUT2D eigenvalue weighted by Crippen LogP contribution is 2.30. The largest absolute Gasteiger partial charge is 0.383 e. The first kappa shape index (κ1) is 17.9. The van der Waals surface area contributed by atoms with E-state index < -0.39 is 27.0 Å². The second-order valence-corrected chi connectivity index (χ2v) is 8.76. The molecule has 132 valence electrons. The highest BCUT2D eigenvalue weighted by Gasteiger charge is 2.33. The molecule has 2 N–H and O–H groups in total. The van der Waals surface area contributed by atoms with Crippen molar-refractivity contribution in [2.24, 2.45) is 0 Å². The Morgan fingerprint density at radius 2 is 1.84 bits per heavy atom. The summed E-state index contributed by atoms with van der Waals surface area (Å²) in [6.45, 7) is 3.28. The fraction of sp³-hybridized carbons (Fsp3) is 0.222. The third-order valence-corrected chi connectivity index (χ3v) is 6.46. The van der Waals surface area contributed by atoms with E-state index in [2.05, 4.69) is 4.98 Å². The number of benzene rings is 2. The number of H-pyrrole nitrogens is 1. The number of aryl methyl sites for hydroxylation is 1. The molecule has 0 bridgehead atoms. The molecule has 4 nitrogen and oxygen atoms in total. The van der Waals surface area contributed by atoms with Crippen LogP contribution in [0, 0.1) is 12.7 Å². The Balaban J connectivity index is 1.97. The van der Waals surface area contributed by atoms with Crippen molar-refractivity contribution in [2.75, 3.05) is 5.75 Å². The maximum absolute atomic E-state index is 13.0. The van der Waals surface area contributed by atoms with Gasteiger partial charge in [-0.1, -0.05) is 11.6 Å². The summed E-state index contributed by atoms with van der Waals surface area (Å²) in [4.78, 5) is 3.02. The maximum Gasteiger partial charge on any atom is 0.181 e. The lowest BCUT2D eigenvalue weighted by Crippen LogP contribution is -2.31. The van der Waals surface area contributed by atoms with E-state index in [9.17, 15) is 17.9 Å². The molecule has 25 heavy (non-hydrogen) atoms. The number of nitrogens with one attached hydrogen (secondary N) is 1. The summed E-state index contributed by atoms with van der Waals surface area (Å²) in [6.07, 6.45) is 0. The molecule has 1 aromatic heterocycles. The first-order chi connectivity index (χ1) is 11.6. The number of hydrogen-bond acceptors (Lipinski definition) is 3. The minimum Gasteiger partial charge on any atom is -0.383 e. The Morgan fingerprint density at radius 1 is 1.20 bits per heavy atom. The average Bonchev–Trinajstić information content (AvgIpc) is 2.91. The Kier molecular flexibility index (Phi) is 4.39. The molecule has 0 saturated heterocycles. The lowest BCUT2D eigenvalue weighted by atomic mass is 10.1. The Morgan fingerprint density at radius 3 is 2.48 bits per heavy atom. The van der Waals surface area contributed by atoms with Crippen molar-refractivity contribution in [3.63, 3.8) is 0 Å². The molecule has 0 aliphatic carbocycles. The van der Waals surface area contributed by atoms with Crippen LogP contribution in [0.2, 0.25) is 5.02 Å². The van der Waals surface area contributed by atoms with Crippen LogP contribution >= 0.6 is 11.6 Å². The van der Waals surface area contributed by atoms with E-state index in [1.54, 1.807) is 12.1 Å². The number of fused-ring (bicyclic) bond motifs is 1. The normalized spacial score (nSPS) is 14.6. The van der Waals surface area contributed by atoms with E-state index in [-0.39, 0.29) is 4.90 Å². The molecule has 0 aliphatic rings. The number of rotatable bonds is 4. The Bertz CT molecular complexity index is 1000. The molecule has 0 saturated carbocycles. The number of hydrogen-bond donors (Lipinski definition) is 2. The van der Waals surface area contributed by atoms with Crippen molar-refractivity contribution >= 4 is 32.3 Å². The highest BCUT2D eigenvalue weighted by molar-refractivity contribution is 7.91. The lowest BCUT2D eigenvalue weighted by Gasteiger charge is -2.22. The standard InChI is InChI=1S/C18H17ClFNO3S/c1-11-7-16-12(8-15(11)19)9-17(21-16)18(2,22)10-25(23,24)14-5-3-13(20)4-6-14/h3-9,21-22H,10H2,1-2H3. The van der Waals surface area contributed by atoms with Crippen molar-refractivity contribution in [1.29, 1.82) is 0 Å². The number of aliphatic hydroxyl groups is 1. The number of aromatic amines is 1. The first-order valence-electron chi connectivity index (χ1n) is 7.58. The van der Waals surface area contributed by atoms with Gasteiger partial charge in [0, 0.05) is 21.6 Å². The van der Waals surface area contributed by atoms with Crippen LogP contribution in [0.4, 0.5) is 4.39 Å². The van der Waals surface area contributed by atoms with Gasteiger partial charge in [0.2, 0.25) is 0 Å². The second kappa shape index (κ2) is 6.12. The summed E-state index contributed by atoms with van der Waals surface area (Å²) in [6, 6.07) is 9.82. The molecule has 1 atom stereocenters. The maximum atomic E-state index is 13.0. The van der Waals surface area contributed by atoms with Crippen LogP contribution in [0.1, 0.15) is 18.2 Å². The monoisotopic (exact) mass is 381 g/mol. The fourth-order valence-electron chi connectivity index (χ4n) is 2.72. The molecule has 0 spiro atoms. The van der Waals surface area contributed by atoms with E-state index in [0.29, 0.717) is 10.7 Å². The van der Waals surface area contributed by atoms with Gasteiger partial charge < -0.3 is 10.1 Å². The van der Waals surface area contributed by atoms with Gasteiger partial charge in [-0.25, -0.2) is 12.8 Å². The SMILES string of the molecule is Cc1cc2[nH]c(C(C)(O)CS(=O)(=O)c3ccc(F)cc3)cc2cc1Cl. The highest BCUT2D eigenvalue weighted by atomic mass is 35.5. The van der Waals surface area contributed by atoms with Crippen LogP contribution in [0.5, 0.6) is 0 Å². The van der Waals surface area contributed by atoms with Gasteiger partial charge in [-0.05, 0) is 61.9 Å². The molecule has 0 aliphatic heterocycles. The van der Waals surface area contributed by atoms with Gasteiger partial charge in [0.25, 0.3) is 0 Å². The van der Waals surface area contributed by atoms with Crippen molar-refractivity contribution < 1.29 is 17.9 Å². The van der Waals surface area contributed by atoms with E-state index in [0.717, 1.165) is 28.6 Å². The van der Waals surface area contributed by atoms with Crippen LogP contribution in [-0.2, 0) is 15.4 Å². The van der Waals surface area contributed by atoms with Crippen molar-refractivity contribution in [3.8, 4) is 0 Å². The van der Waals surface area contributed by atoms with Crippen LogP contribution in [0.15, 0.2) is 47.4 Å². The molecule has 1 heterocycles. The lowest BCUT2D eigenvalue weighted by molar-refractivity contribution is 0.0780. The third-order valence-electron chi connectivity index (χ3n) is 4.12. The molecular formula is C18H17ClFNO3S. The summed E-state index contributed by atoms with van der Waals surface area (Å²) >= 11 is 6.11. The van der Waals surface area contributed by atoms with E-state index in [1.165, 1.54) is 19.1 Å². The zero-order chi connectivity index (χ0) is 18.4. The van der Waals surface area contributed by atoms with Crippen molar-refractivity contribution in [3.05, 3.63) is 64.6 Å². The molecule has 3 aromatic rings. The summed E-state index contributed by atoms with van der Waals surface area (Å²) in [5, 5.41) is 12.1. The number of sulfone groups is 1. The van der Waals surface area contributed by atoms with Crippen LogP contribution in [0.3, 0.4) is 0 Å². The summed E-state index contributed by atoms with van der Waals surface area (Å²) in [7, 11) is -3.80. The van der Waals surface area contributed by atoms with Gasteiger partial charge in [-0.3, -0.25) is 0 Å². The molecule has 2 aromatic carbocycles. The minimum absolute atomic E-state index is 0.0378. The molecule has 1 unspecified atom stereocenters. The number of halogens is 2. The smallest absolute Gasteiger partial charge is 0.181 e. The third kappa shape index (κ3) is 3.56. The van der Waals surface area contributed by atoms with Gasteiger partial charge >= 0.3 is 0 Å². The summed E-state index contributed by atoms with van der Waals surface area (Å²) < 4.78 is 38.1. The zero-order valence-electron chi connectivity index (χ0n) is 13.7. The molecule has 3 rings (SSSR count). The predicted molar refractivity (Wildman–Crippen MR) is 96.1 cm³/mol. The average molecular weight is 382 g/mol. The first-order valence-corrected chi connectivity index (χ1v) is 9.61. The molecule has 0 amide bonds. The van der Waals surface area contributed by atoms with Crippen LogP contribution < -0.4 is 0 Å². The fourth-order valence-corrected chi connectivity index (χ4v) is 4.51. The Hall–Kier alpha value is -1.89.